The molecule has 0 atom stereocenters. The second kappa shape index (κ2) is 9.25. The monoisotopic (exact) mass is 434 g/mol. The molecular formula is C26H30N2O2S. The van der Waals surface area contributed by atoms with Crippen molar-refractivity contribution in [3.8, 4) is 0 Å². The molecule has 5 heteroatoms. The summed E-state index contributed by atoms with van der Waals surface area (Å²) in [4.78, 5) is 2.77. The zero-order valence-electron chi connectivity index (χ0n) is 18.2. The van der Waals surface area contributed by atoms with Crippen molar-refractivity contribution in [3.63, 3.8) is 0 Å². The first-order valence-corrected chi connectivity index (χ1v) is 12.3. The summed E-state index contributed by atoms with van der Waals surface area (Å²) in [6.07, 6.45) is 1.62. The highest BCUT2D eigenvalue weighted by atomic mass is 32.2. The number of piperidine rings is 1. The van der Waals surface area contributed by atoms with E-state index in [-0.39, 0.29) is 6.04 Å². The molecule has 1 saturated heterocycles. The number of likely N-dealkylation sites (tertiary alicyclic amines) is 1. The fourth-order valence-corrected chi connectivity index (χ4v) is 5.94. The zero-order chi connectivity index (χ0) is 21.8. The van der Waals surface area contributed by atoms with Gasteiger partial charge in [-0.25, -0.2) is 8.42 Å². The van der Waals surface area contributed by atoms with E-state index >= 15 is 0 Å². The number of anilines is 1. The van der Waals surface area contributed by atoms with E-state index in [1.807, 2.05) is 37.3 Å². The lowest BCUT2D eigenvalue weighted by molar-refractivity contribution is 0.206. The third-order valence-electron chi connectivity index (χ3n) is 6.00. The first-order valence-electron chi connectivity index (χ1n) is 10.9. The molecule has 1 aliphatic heterocycles. The smallest absolute Gasteiger partial charge is 0.264 e. The van der Waals surface area contributed by atoms with Crippen LogP contribution >= 0.6 is 0 Å². The predicted octanol–water partition coefficient (Wildman–Crippen LogP) is 5.16. The third kappa shape index (κ3) is 5.00. The Bertz CT molecular complexity index is 1090. The average Bonchev–Trinajstić information content (AvgIpc) is 2.78. The van der Waals surface area contributed by atoms with Crippen molar-refractivity contribution in [1.29, 1.82) is 0 Å². The van der Waals surface area contributed by atoms with Crippen LogP contribution in [0.25, 0.3) is 0 Å². The van der Waals surface area contributed by atoms with Gasteiger partial charge in [0.25, 0.3) is 10.0 Å². The summed E-state index contributed by atoms with van der Waals surface area (Å²) in [7, 11) is -3.63. The molecular weight excluding hydrogens is 404 g/mol. The Hall–Kier alpha value is -2.63. The van der Waals surface area contributed by atoms with Gasteiger partial charge in [0, 0.05) is 25.7 Å². The number of benzene rings is 3. The van der Waals surface area contributed by atoms with E-state index in [9.17, 15) is 8.42 Å². The van der Waals surface area contributed by atoms with Crippen molar-refractivity contribution >= 4 is 15.7 Å². The number of rotatable bonds is 6. The van der Waals surface area contributed by atoms with E-state index in [2.05, 4.69) is 36.1 Å². The minimum Gasteiger partial charge on any atom is -0.299 e. The molecule has 4 nitrogen and oxygen atoms in total. The van der Waals surface area contributed by atoms with Gasteiger partial charge in [-0.2, -0.15) is 0 Å². The van der Waals surface area contributed by atoms with Gasteiger partial charge in [-0.1, -0.05) is 65.7 Å². The Kier molecular flexibility index (Phi) is 6.44. The molecule has 0 saturated carbocycles. The van der Waals surface area contributed by atoms with Gasteiger partial charge in [-0.3, -0.25) is 9.21 Å². The molecule has 1 aliphatic rings. The Morgan fingerprint density at radius 2 is 1.35 bits per heavy atom. The van der Waals surface area contributed by atoms with Crippen molar-refractivity contribution in [3.05, 3.63) is 95.6 Å². The zero-order valence-corrected chi connectivity index (χ0v) is 19.1. The Labute approximate surface area is 186 Å². The molecule has 162 valence electrons. The van der Waals surface area contributed by atoms with Crippen LogP contribution in [0.5, 0.6) is 0 Å². The van der Waals surface area contributed by atoms with Gasteiger partial charge in [0.05, 0.1) is 10.6 Å². The summed E-state index contributed by atoms with van der Waals surface area (Å²) in [6.45, 7) is 6.78. The normalized spacial score (nSPS) is 15.7. The first-order chi connectivity index (χ1) is 14.9. The van der Waals surface area contributed by atoms with Crippen LogP contribution in [-0.4, -0.2) is 32.4 Å². The van der Waals surface area contributed by atoms with Crippen LogP contribution in [0.3, 0.4) is 0 Å². The fourth-order valence-electron chi connectivity index (χ4n) is 4.21. The number of sulfonamides is 1. The van der Waals surface area contributed by atoms with Gasteiger partial charge in [0.15, 0.2) is 0 Å². The van der Waals surface area contributed by atoms with E-state index in [0.29, 0.717) is 4.90 Å². The van der Waals surface area contributed by atoms with Crippen molar-refractivity contribution in [1.82, 2.24) is 4.90 Å². The van der Waals surface area contributed by atoms with Gasteiger partial charge in [-0.15, -0.1) is 0 Å². The highest BCUT2D eigenvalue weighted by Crippen LogP contribution is 2.31. The fraction of sp³-hybridized carbons (Fsp3) is 0.308. The summed E-state index contributed by atoms with van der Waals surface area (Å²) >= 11 is 0. The number of aryl methyl sites for hydroxylation is 2. The molecule has 0 radical (unpaired) electrons. The van der Waals surface area contributed by atoms with E-state index in [1.54, 1.807) is 28.6 Å². The molecule has 3 aromatic rings. The minimum atomic E-state index is -3.63. The second-order valence-electron chi connectivity index (χ2n) is 8.44. The first kappa shape index (κ1) is 21.6. The predicted molar refractivity (Wildman–Crippen MR) is 127 cm³/mol. The standard InChI is InChI=1S/C26H30N2O2S/c1-21-8-12-23(13-9-21)20-27-18-16-25(17-19-27)28(24-14-10-22(2)11-15-24)31(29,30)26-6-4-3-5-7-26/h3-15,25H,16-20H2,1-2H3. The topological polar surface area (TPSA) is 40.6 Å². The van der Waals surface area contributed by atoms with Crippen LogP contribution in [0.1, 0.15) is 29.5 Å². The molecule has 31 heavy (non-hydrogen) atoms. The molecule has 0 unspecified atom stereocenters. The van der Waals surface area contributed by atoms with Gasteiger partial charge >= 0.3 is 0 Å². The lowest BCUT2D eigenvalue weighted by Crippen LogP contribution is -2.47. The third-order valence-corrected chi connectivity index (χ3v) is 7.90. The van der Waals surface area contributed by atoms with Gasteiger partial charge in [0.2, 0.25) is 0 Å². The SMILES string of the molecule is Cc1ccc(CN2CCC(N(c3ccc(C)cc3)S(=O)(=O)c3ccccc3)CC2)cc1. The van der Waals surface area contributed by atoms with E-state index < -0.39 is 10.0 Å². The summed E-state index contributed by atoms with van der Waals surface area (Å²) in [5.41, 5.74) is 4.43. The maximum absolute atomic E-state index is 13.6. The van der Waals surface area contributed by atoms with Crippen molar-refractivity contribution < 1.29 is 8.42 Å². The number of nitrogens with zero attached hydrogens (tertiary/aromatic N) is 2. The molecule has 0 amide bonds. The molecule has 0 bridgehead atoms. The molecule has 1 heterocycles. The van der Waals surface area contributed by atoms with E-state index in [4.69, 9.17) is 0 Å². The number of hydrogen-bond donors (Lipinski definition) is 0. The Balaban J connectivity index is 1.55. The molecule has 3 aromatic carbocycles. The highest BCUT2D eigenvalue weighted by Gasteiger charge is 2.34. The van der Waals surface area contributed by atoms with E-state index in [0.717, 1.165) is 43.7 Å². The summed E-state index contributed by atoms with van der Waals surface area (Å²) in [5.74, 6) is 0. The lowest BCUT2D eigenvalue weighted by Gasteiger charge is -2.39. The van der Waals surface area contributed by atoms with Crippen molar-refractivity contribution in [2.45, 2.75) is 44.2 Å². The van der Waals surface area contributed by atoms with Crippen LogP contribution in [0.4, 0.5) is 5.69 Å². The summed E-state index contributed by atoms with van der Waals surface area (Å²) < 4.78 is 28.9. The maximum Gasteiger partial charge on any atom is 0.264 e. The molecule has 0 N–H and O–H groups in total. The van der Waals surface area contributed by atoms with Crippen LogP contribution < -0.4 is 4.31 Å². The summed E-state index contributed by atoms with van der Waals surface area (Å²) in [5, 5.41) is 0. The van der Waals surface area contributed by atoms with Crippen LogP contribution in [-0.2, 0) is 16.6 Å². The highest BCUT2D eigenvalue weighted by molar-refractivity contribution is 7.92. The van der Waals surface area contributed by atoms with Crippen LogP contribution in [0.15, 0.2) is 83.8 Å². The van der Waals surface area contributed by atoms with Gasteiger partial charge in [0.1, 0.15) is 0 Å². The Morgan fingerprint density at radius 1 is 0.806 bits per heavy atom. The van der Waals surface area contributed by atoms with E-state index in [1.165, 1.54) is 11.1 Å². The largest absolute Gasteiger partial charge is 0.299 e. The minimum absolute atomic E-state index is 0.0535. The Morgan fingerprint density at radius 3 is 1.94 bits per heavy atom. The maximum atomic E-state index is 13.6. The second-order valence-corrected chi connectivity index (χ2v) is 10.3. The van der Waals surface area contributed by atoms with Gasteiger partial charge in [-0.05, 0) is 56.5 Å². The van der Waals surface area contributed by atoms with Crippen LogP contribution in [0, 0.1) is 13.8 Å². The van der Waals surface area contributed by atoms with Crippen LogP contribution in [0.2, 0.25) is 0 Å². The molecule has 0 aromatic heterocycles. The number of hydrogen-bond acceptors (Lipinski definition) is 3. The molecule has 4 rings (SSSR count). The average molecular weight is 435 g/mol. The quantitative estimate of drug-likeness (QED) is 0.538. The molecule has 0 aliphatic carbocycles. The molecule has 0 spiro atoms. The van der Waals surface area contributed by atoms with Gasteiger partial charge < -0.3 is 0 Å². The van der Waals surface area contributed by atoms with Crippen molar-refractivity contribution in [2.24, 2.45) is 0 Å². The lowest BCUT2D eigenvalue weighted by atomic mass is 10.0. The molecule has 1 fully saturated rings. The van der Waals surface area contributed by atoms with Crippen molar-refractivity contribution in [2.75, 3.05) is 17.4 Å². The summed E-state index contributed by atoms with van der Waals surface area (Å²) in [6, 6.07) is 25.2.